The van der Waals surface area contributed by atoms with E-state index in [1.54, 1.807) is 14.2 Å². The van der Waals surface area contributed by atoms with E-state index in [4.69, 9.17) is 14.2 Å². The lowest BCUT2D eigenvalue weighted by molar-refractivity contribution is 0.199. The summed E-state index contributed by atoms with van der Waals surface area (Å²) in [6.45, 7) is 7.46. The average Bonchev–Trinajstić information content (AvgIpc) is 2.48. The van der Waals surface area contributed by atoms with Crippen molar-refractivity contribution in [2.45, 2.75) is 33.2 Å². The highest BCUT2D eigenvalue weighted by atomic mass is 16.5. The van der Waals surface area contributed by atoms with Gasteiger partial charge in [0.05, 0.1) is 20.3 Å². The zero-order valence-electron chi connectivity index (χ0n) is 13.8. The molecule has 1 N–H and O–H groups in total. The summed E-state index contributed by atoms with van der Waals surface area (Å²) in [5.41, 5.74) is 1.12. The van der Waals surface area contributed by atoms with Crippen LogP contribution in [0, 0.1) is 5.92 Å². The van der Waals surface area contributed by atoms with Crippen LogP contribution < -0.4 is 14.8 Å². The smallest absolute Gasteiger partial charge is 0.165 e. The first kappa shape index (κ1) is 17.8. The van der Waals surface area contributed by atoms with Crippen LogP contribution in [0.25, 0.3) is 0 Å². The molecule has 0 aliphatic heterocycles. The Labute approximate surface area is 128 Å². The number of hydrogen-bond donors (Lipinski definition) is 1. The van der Waals surface area contributed by atoms with E-state index in [2.05, 4.69) is 25.2 Å². The van der Waals surface area contributed by atoms with Gasteiger partial charge in [-0.3, -0.25) is 0 Å². The summed E-state index contributed by atoms with van der Waals surface area (Å²) in [4.78, 5) is 0. The lowest BCUT2D eigenvalue weighted by Crippen LogP contribution is -2.19. The van der Waals surface area contributed by atoms with Gasteiger partial charge in [-0.25, -0.2) is 0 Å². The van der Waals surface area contributed by atoms with E-state index in [1.807, 2.05) is 12.1 Å². The van der Waals surface area contributed by atoms with Gasteiger partial charge in [-0.15, -0.1) is 0 Å². The molecule has 0 radical (unpaired) electrons. The molecule has 0 saturated carbocycles. The van der Waals surface area contributed by atoms with Crippen LogP contribution in [0.3, 0.4) is 0 Å². The number of para-hydroxylation sites is 1. The van der Waals surface area contributed by atoms with Crippen LogP contribution in [0.1, 0.15) is 32.3 Å². The average molecular weight is 295 g/mol. The van der Waals surface area contributed by atoms with Gasteiger partial charge in [0.2, 0.25) is 0 Å². The summed E-state index contributed by atoms with van der Waals surface area (Å²) in [7, 11) is 3.38. The third kappa shape index (κ3) is 6.82. The number of benzene rings is 1. The molecule has 0 spiro atoms. The Morgan fingerprint density at radius 2 is 1.95 bits per heavy atom. The van der Waals surface area contributed by atoms with Gasteiger partial charge in [-0.2, -0.15) is 0 Å². The zero-order valence-corrected chi connectivity index (χ0v) is 13.8. The van der Waals surface area contributed by atoms with Crippen LogP contribution in [0.5, 0.6) is 11.5 Å². The molecule has 1 rings (SSSR count). The fraction of sp³-hybridized carbons (Fsp3) is 0.647. The molecule has 0 aliphatic rings. The largest absolute Gasteiger partial charge is 0.493 e. The van der Waals surface area contributed by atoms with Gasteiger partial charge in [0.25, 0.3) is 0 Å². The summed E-state index contributed by atoms with van der Waals surface area (Å²) < 4.78 is 16.4. The van der Waals surface area contributed by atoms with Crippen molar-refractivity contribution in [2.75, 3.05) is 34.0 Å². The van der Waals surface area contributed by atoms with Gasteiger partial charge in [0.1, 0.15) is 0 Å². The van der Waals surface area contributed by atoms with E-state index in [-0.39, 0.29) is 0 Å². The maximum Gasteiger partial charge on any atom is 0.165 e. The molecule has 4 nitrogen and oxygen atoms in total. The maximum atomic E-state index is 5.97. The second-order valence-corrected chi connectivity index (χ2v) is 5.50. The normalized spacial score (nSPS) is 10.9. The van der Waals surface area contributed by atoms with Crippen molar-refractivity contribution in [3.05, 3.63) is 23.8 Å². The molecule has 0 aliphatic carbocycles. The van der Waals surface area contributed by atoms with Crippen molar-refractivity contribution in [1.82, 2.24) is 5.32 Å². The van der Waals surface area contributed by atoms with Crippen molar-refractivity contribution in [3.63, 3.8) is 0 Å². The Balaban J connectivity index is 2.59. The molecule has 0 amide bonds. The third-order valence-corrected chi connectivity index (χ3v) is 3.25. The Morgan fingerprint density at radius 3 is 2.62 bits per heavy atom. The van der Waals surface area contributed by atoms with Gasteiger partial charge >= 0.3 is 0 Å². The van der Waals surface area contributed by atoms with Crippen molar-refractivity contribution in [3.8, 4) is 11.5 Å². The highest BCUT2D eigenvalue weighted by molar-refractivity contribution is 5.46. The minimum Gasteiger partial charge on any atom is -0.493 e. The summed E-state index contributed by atoms with van der Waals surface area (Å²) in [5, 5.41) is 3.34. The zero-order chi connectivity index (χ0) is 15.5. The minimum atomic E-state index is 0.703. The predicted molar refractivity (Wildman–Crippen MR) is 86.1 cm³/mol. The van der Waals surface area contributed by atoms with Gasteiger partial charge in [-0.05, 0) is 24.8 Å². The lowest BCUT2D eigenvalue weighted by Gasteiger charge is -2.16. The topological polar surface area (TPSA) is 39.7 Å². The van der Waals surface area contributed by atoms with E-state index in [0.717, 1.165) is 43.2 Å². The molecule has 4 heteroatoms. The second kappa shape index (κ2) is 10.5. The molecule has 0 saturated heterocycles. The first-order valence-corrected chi connectivity index (χ1v) is 7.67. The Bertz CT molecular complexity index is 394. The van der Waals surface area contributed by atoms with Crippen molar-refractivity contribution in [1.29, 1.82) is 0 Å². The SMILES string of the molecule is COCCNCc1cccc(OC)c1OCCCC(C)C. The van der Waals surface area contributed by atoms with E-state index in [0.29, 0.717) is 12.5 Å². The van der Waals surface area contributed by atoms with Crippen LogP contribution in [0.15, 0.2) is 18.2 Å². The first-order valence-electron chi connectivity index (χ1n) is 7.67. The van der Waals surface area contributed by atoms with E-state index in [9.17, 15) is 0 Å². The van der Waals surface area contributed by atoms with E-state index in [1.165, 1.54) is 6.42 Å². The Hall–Kier alpha value is -1.26. The minimum absolute atomic E-state index is 0.703. The van der Waals surface area contributed by atoms with Gasteiger partial charge in [0, 0.05) is 25.8 Å². The van der Waals surface area contributed by atoms with Crippen LogP contribution >= 0.6 is 0 Å². The molecule has 0 heterocycles. The van der Waals surface area contributed by atoms with Crippen LogP contribution in [0.4, 0.5) is 0 Å². The van der Waals surface area contributed by atoms with Gasteiger partial charge < -0.3 is 19.5 Å². The highest BCUT2D eigenvalue weighted by Crippen LogP contribution is 2.31. The highest BCUT2D eigenvalue weighted by Gasteiger charge is 2.10. The van der Waals surface area contributed by atoms with Crippen LogP contribution in [-0.4, -0.2) is 34.0 Å². The molecule has 0 unspecified atom stereocenters. The number of nitrogens with one attached hydrogen (secondary N) is 1. The quantitative estimate of drug-likeness (QED) is 0.636. The monoisotopic (exact) mass is 295 g/mol. The number of ether oxygens (including phenoxy) is 3. The number of rotatable bonds is 11. The molecule has 1 aromatic carbocycles. The molecule has 0 bridgehead atoms. The third-order valence-electron chi connectivity index (χ3n) is 3.25. The number of methoxy groups -OCH3 is 2. The van der Waals surface area contributed by atoms with Gasteiger partial charge in [0.15, 0.2) is 11.5 Å². The lowest BCUT2D eigenvalue weighted by atomic mass is 10.1. The van der Waals surface area contributed by atoms with Crippen molar-refractivity contribution >= 4 is 0 Å². The fourth-order valence-corrected chi connectivity index (χ4v) is 2.09. The second-order valence-electron chi connectivity index (χ2n) is 5.50. The predicted octanol–water partition coefficient (Wildman–Crippen LogP) is 3.25. The Morgan fingerprint density at radius 1 is 1.14 bits per heavy atom. The Kier molecular flexibility index (Phi) is 8.87. The summed E-state index contributed by atoms with van der Waals surface area (Å²) >= 11 is 0. The first-order chi connectivity index (χ1) is 10.2. The van der Waals surface area contributed by atoms with Crippen LogP contribution in [0.2, 0.25) is 0 Å². The molecular weight excluding hydrogens is 266 g/mol. The number of hydrogen-bond acceptors (Lipinski definition) is 4. The molecular formula is C17H29NO3. The fourth-order valence-electron chi connectivity index (χ4n) is 2.09. The van der Waals surface area contributed by atoms with Crippen molar-refractivity contribution in [2.24, 2.45) is 5.92 Å². The van der Waals surface area contributed by atoms with Crippen molar-refractivity contribution < 1.29 is 14.2 Å². The summed E-state index contributed by atoms with van der Waals surface area (Å²) in [6.07, 6.45) is 2.24. The molecule has 120 valence electrons. The maximum absolute atomic E-state index is 5.97. The van der Waals surface area contributed by atoms with E-state index >= 15 is 0 Å². The molecule has 21 heavy (non-hydrogen) atoms. The molecule has 0 aromatic heterocycles. The summed E-state index contributed by atoms with van der Waals surface area (Å²) in [6, 6.07) is 6.00. The standard InChI is InChI=1S/C17H29NO3/c1-14(2)7-6-11-21-17-15(13-18-10-12-19-3)8-5-9-16(17)20-4/h5,8-9,14,18H,6-7,10-13H2,1-4H3. The van der Waals surface area contributed by atoms with Gasteiger partial charge in [-0.1, -0.05) is 26.0 Å². The molecule has 1 aromatic rings. The summed E-state index contributed by atoms with van der Waals surface area (Å²) in [5.74, 6) is 2.36. The van der Waals surface area contributed by atoms with Crippen LogP contribution in [-0.2, 0) is 11.3 Å². The molecule has 0 fully saturated rings. The molecule has 0 atom stereocenters. The van der Waals surface area contributed by atoms with E-state index < -0.39 is 0 Å².